The molecule has 2 rings (SSSR count). The van der Waals surface area contributed by atoms with Crippen molar-refractivity contribution in [3.63, 3.8) is 0 Å². The van der Waals surface area contributed by atoms with E-state index < -0.39 is 0 Å². The molecule has 1 unspecified atom stereocenters. The zero-order valence-electron chi connectivity index (χ0n) is 16.7. The van der Waals surface area contributed by atoms with E-state index in [2.05, 4.69) is 41.5 Å². The van der Waals surface area contributed by atoms with Crippen LogP contribution in [-0.4, -0.2) is 44.1 Å². The molecule has 0 aliphatic heterocycles. The molecule has 0 bridgehead atoms. The molecule has 0 aliphatic rings. The van der Waals surface area contributed by atoms with E-state index in [1.54, 1.807) is 31.4 Å². The topological polar surface area (TPSA) is 77.4 Å². The van der Waals surface area contributed by atoms with Crippen LogP contribution in [0.1, 0.15) is 31.0 Å². The minimum atomic E-state index is -0.0792. The fourth-order valence-electron chi connectivity index (χ4n) is 3.09. The maximum Gasteiger partial charge on any atom is 0.239 e. The monoisotopic (exact) mass is 380 g/mol. The quantitative estimate of drug-likeness (QED) is 0.662. The minimum Gasteiger partial charge on any atom is -0.497 e. The third-order valence-electron chi connectivity index (χ3n) is 4.69. The largest absolute Gasteiger partial charge is 0.497 e. The number of carbonyl (C=O) groups excluding carboxylic acids is 1. The van der Waals surface area contributed by atoms with Crippen molar-refractivity contribution >= 4 is 11.6 Å². The summed E-state index contributed by atoms with van der Waals surface area (Å²) in [5, 5.41) is 14.9. The van der Waals surface area contributed by atoms with Gasteiger partial charge < -0.3 is 15.4 Å². The molecular formula is C22H28N4O2. The molecule has 0 saturated carbocycles. The van der Waals surface area contributed by atoms with E-state index >= 15 is 0 Å². The minimum absolute atomic E-state index is 0.0731. The lowest BCUT2D eigenvalue weighted by molar-refractivity contribution is -0.119. The zero-order chi connectivity index (χ0) is 20.4. The Bertz CT molecular complexity index is 795. The van der Waals surface area contributed by atoms with Gasteiger partial charge in [-0.15, -0.1) is 0 Å². The van der Waals surface area contributed by atoms with Crippen molar-refractivity contribution in [3.8, 4) is 11.8 Å². The summed E-state index contributed by atoms with van der Waals surface area (Å²) >= 11 is 0. The van der Waals surface area contributed by atoms with E-state index in [1.165, 1.54) is 0 Å². The van der Waals surface area contributed by atoms with E-state index in [4.69, 9.17) is 10.00 Å². The van der Waals surface area contributed by atoms with Gasteiger partial charge in [0, 0.05) is 12.2 Å². The lowest BCUT2D eigenvalue weighted by Gasteiger charge is -2.30. The Morgan fingerprint density at radius 3 is 2.50 bits per heavy atom. The first-order valence-electron chi connectivity index (χ1n) is 9.50. The highest BCUT2D eigenvalue weighted by molar-refractivity contribution is 5.80. The molecule has 0 spiro atoms. The van der Waals surface area contributed by atoms with E-state index in [9.17, 15) is 4.79 Å². The third-order valence-corrected chi connectivity index (χ3v) is 4.69. The van der Waals surface area contributed by atoms with Crippen molar-refractivity contribution < 1.29 is 9.53 Å². The van der Waals surface area contributed by atoms with Gasteiger partial charge in [0.25, 0.3) is 0 Å². The van der Waals surface area contributed by atoms with E-state index in [-0.39, 0.29) is 18.5 Å². The molecule has 2 aromatic carbocycles. The van der Waals surface area contributed by atoms with Crippen molar-refractivity contribution in [1.29, 1.82) is 5.26 Å². The van der Waals surface area contributed by atoms with Crippen LogP contribution in [0.15, 0.2) is 48.5 Å². The number of anilines is 1. The standard InChI is InChI=1S/C22H28N4O2/c1-4-26(5-2)21(18-7-6-8-20(13-18)28-3)15-25-22(27)16-24-19-11-9-17(14-23)10-12-19/h6-13,21,24H,4-5,15-16H2,1-3H3,(H,25,27). The number of hydrogen-bond acceptors (Lipinski definition) is 5. The Labute approximate surface area is 167 Å². The summed E-state index contributed by atoms with van der Waals surface area (Å²) in [4.78, 5) is 14.6. The van der Waals surface area contributed by atoms with Gasteiger partial charge in [0.2, 0.25) is 5.91 Å². The summed E-state index contributed by atoms with van der Waals surface area (Å²) in [6.07, 6.45) is 0. The van der Waals surface area contributed by atoms with Gasteiger partial charge in [0.1, 0.15) is 5.75 Å². The number of carbonyl (C=O) groups is 1. The summed E-state index contributed by atoms with van der Waals surface area (Å²) in [6.45, 7) is 6.70. The van der Waals surface area contributed by atoms with Crippen LogP contribution >= 0.6 is 0 Å². The van der Waals surface area contributed by atoms with Crippen LogP contribution in [0.5, 0.6) is 5.75 Å². The van der Waals surface area contributed by atoms with Crippen LogP contribution in [0.25, 0.3) is 0 Å². The average Bonchev–Trinajstić information content (AvgIpc) is 2.75. The lowest BCUT2D eigenvalue weighted by Crippen LogP contribution is -2.39. The van der Waals surface area contributed by atoms with Gasteiger partial charge in [-0.2, -0.15) is 5.26 Å². The highest BCUT2D eigenvalue weighted by Gasteiger charge is 2.19. The molecule has 0 fully saturated rings. The number of nitriles is 1. The molecule has 6 heteroatoms. The normalized spacial score (nSPS) is 11.5. The zero-order valence-corrected chi connectivity index (χ0v) is 16.7. The highest BCUT2D eigenvalue weighted by atomic mass is 16.5. The van der Waals surface area contributed by atoms with E-state index in [1.807, 2.05) is 18.2 Å². The Morgan fingerprint density at radius 2 is 1.89 bits per heavy atom. The molecule has 1 amide bonds. The highest BCUT2D eigenvalue weighted by Crippen LogP contribution is 2.23. The predicted molar refractivity (Wildman–Crippen MR) is 111 cm³/mol. The second-order valence-corrected chi connectivity index (χ2v) is 6.36. The van der Waals surface area contributed by atoms with Crippen LogP contribution in [0.3, 0.4) is 0 Å². The van der Waals surface area contributed by atoms with Crippen LogP contribution in [0.2, 0.25) is 0 Å². The number of benzene rings is 2. The average molecular weight is 380 g/mol. The first kappa shape index (κ1) is 21.3. The number of likely N-dealkylation sites (N-methyl/N-ethyl adjacent to an activating group) is 1. The second kappa shape index (κ2) is 11.0. The number of nitrogens with one attached hydrogen (secondary N) is 2. The van der Waals surface area contributed by atoms with E-state index in [0.717, 1.165) is 30.1 Å². The SMILES string of the molecule is CCN(CC)C(CNC(=O)CNc1ccc(C#N)cc1)c1cccc(OC)c1. The molecular weight excluding hydrogens is 352 g/mol. The molecule has 0 saturated heterocycles. The van der Waals surface area contributed by atoms with Gasteiger partial charge in [-0.3, -0.25) is 9.69 Å². The molecule has 2 N–H and O–H groups in total. The lowest BCUT2D eigenvalue weighted by atomic mass is 10.0. The molecule has 2 aromatic rings. The summed E-state index contributed by atoms with van der Waals surface area (Å²) in [6, 6.07) is 17.1. The Morgan fingerprint density at radius 1 is 1.18 bits per heavy atom. The fourth-order valence-corrected chi connectivity index (χ4v) is 3.09. The number of nitrogens with zero attached hydrogens (tertiary/aromatic N) is 2. The van der Waals surface area contributed by atoms with Gasteiger partial charge in [0.05, 0.1) is 31.3 Å². The van der Waals surface area contributed by atoms with Crippen molar-refractivity contribution in [3.05, 3.63) is 59.7 Å². The Kier molecular flexibility index (Phi) is 8.32. The van der Waals surface area contributed by atoms with Crippen LogP contribution in [-0.2, 0) is 4.79 Å². The van der Waals surface area contributed by atoms with Gasteiger partial charge >= 0.3 is 0 Å². The van der Waals surface area contributed by atoms with Crippen molar-refractivity contribution in [2.45, 2.75) is 19.9 Å². The van der Waals surface area contributed by atoms with Crippen LogP contribution in [0.4, 0.5) is 5.69 Å². The first-order valence-corrected chi connectivity index (χ1v) is 9.50. The molecule has 0 heterocycles. The predicted octanol–water partition coefficient (Wildman–Crippen LogP) is 3.18. The molecule has 0 radical (unpaired) electrons. The summed E-state index contributed by atoms with van der Waals surface area (Å²) in [5.41, 5.74) is 2.51. The number of rotatable bonds is 10. The van der Waals surface area contributed by atoms with Gasteiger partial charge in [-0.25, -0.2) is 0 Å². The maximum absolute atomic E-state index is 12.3. The number of methoxy groups -OCH3 is 1. The third kappa shape index (κ3) is 6.00. The molecule has 0 aliphatic carbocycles. The Balaban J connectivity index is 1.97. The smallest absolute Gasteiger partial charge is 0.239 e. The van der Waals surface area contributed by atoms with Crippen molar-refractivity contribution in [2.75, 3.05) is 38.6 Å². The molecule has 6 nitrogen and oxygen atoms in total. The van der Waals surface area contributed by atoms with Gasteiger partial charge in [-0.1, -0.05) is 26.0 Å². The number of ether oxygens (including phenoxy) is 1. The second-order valence-electron chi connectivity index (χ2n) is 6.36. The number of amides is 1. The number of hydrogen-bond donors (Lipinski definition) is 2. The van der Waals surface area contributed by atoms with E-state index in [0.29, 0.717) is 12.1 Å². The molecule has 0 aromatic heterocycles. The van der Waals surface area contributed by atoms with Gasteiger partial charge in [-0.05, 0) is 55.1 Å². The van der Waals surface area contributed by atoms with Crippen molar-refractivity contribution in [1.82, 2.24) is 10.2 Å². The first-order chi connectivity index (χ1) is 13.6. The van der Waals surface area contributed by atoms with Gasteiger partial charge in [0.15, 0.2) is 0 Å². The summed E-state index contributed by atoms with van der Waals surface area (Å²) in [5.74, 6) is 0.730. The fraction of sp³-hybridized carbons (Fsp3) is 0.364. The van der Waals surface area contributed by atoms with Crippen LogP contribution in [0, 0.1) is 11.3 Å². The maximum atomic E-state index is 12.3. The van der Waals surface area contributed by atoms with Crippen molar-refractivity contribution in [2.24, 2.45) is 0 Å². The summed E-state index contributed by atoms with van der Waals surface area (Å²) < 4.78 is 5.35. The Hall–Kier alpha value is -3.04. The molecule has 1 atom stereocenters. The van der Waals surface area contributed by atoms with Crippen LogP contribution < -0.4 is 15.4 Å². The summed E-state index contributed by atoms with van der Waals surface area (Å²) in [7, 11) is 1.65. The molecule has 28 heavy (non-hydrogen) atoms. The molecule has 148 valence electrons.